The molecular weight excluding hydrogens is 328 g/mol. The fourth-order valence-corrected chi connectivity index (χ4v) is 3.59. The van der Waals surface area contributed by atoms with Crippen LogP contribution in [-0.4, -0.2) is 29.8 Å². The molecule has 114 valence electrons. The maximum atomic E-state index is 4.62. The number of hydrogen-bond acceptors (Lipinski definition) is 7. The van der Waals surface area contributed by atoms with Gasteiger partial charge in [-0.15, -0.1) is 21.5 Å². The standard InChI is InChI=1S/C15H12N6S2/c1-10-17-11(8-22-10)9-23-14-6-5-13-18-19-15(21(13)20-14)12-4-2-3-7-16-12/h2-8H,9H2,1H3. The summed E-state index contributed by atoms with van der Waals surface area (Å²) in [6.07, 6.45) is 1.74. The molecule has 8 heteroatoms. The van der Waals surface area contributed by atoms with E-state index in [1.807, 2.05) is 37.3 Å². The van der Waals surface area contributed by atoms with Gasteiger partial charge in [0.05, 0.1) is 10.7 Å². The minimum atomic E-state index is 0.646. The normalized spacial score (nSPS) is 11.2. The summed E-state index contributed by atoms with van der Waals surface area (Å²) in [6.45, 7) is 2.01. The molecule has 0 fully saturated rings. The molecule has 4 aromatic heterocycles. The van der Waals surface area contributed by atoms with Gasteiger partial charge in [0.1, 0.15) is 10.7 Å². The minimum absolute atomic E-state index is 0.646. The molecule has 0 aliphatic carbocycles. The first-order chi connectivity index (χ1) is 11.3. The van der Waals surface area contributed by atoms with Crippen molar-refractivity contribution in [1.82, 2.24) is 29.8 Å². The lowest BCUT2D eigenvalue weighted by Gasteiger charge is -2.01. The van der Waals surface area contributed by atoms with Crippen molar-refractivity contribution >= 4 is 28.7 Å². The average molecular weight is 340 g/mol. The number of thiazole rings is 1. The lowest BCUT2D eigenvalue weighted by atomic mass is 10.3. The van der Waals surface area contributed by atoms with Gasteiger partial charge < -0.3 is 0 Å². The van der Waals surface area contributed by atoms with Crippen LogP contribution in [0.5, 0.6) is 0 Å². The molecule has 0 spiro atoms. The van der Waals surface area contributed by atoms with Crippen molar-refractivity contribution in [2.45, 2.75) is 17.7 Å². The third-order valence-corrected chi connectivity index (χ3v) is 4.94. The Bertz CT molecular complexity index is 947. The van der Waals surface area contributed by atoms with Gasteiger partial charge in [0, 0.05) is 17.3 Å². The summed E-state index contributed by atoms with van der Waals surface area (Å²) in [7, 11) is 0. The quantitative estimate of drug-likeness (QED) is 0.531. The molecule has 0 unspecified atom stereocenters. The topological polar surface area (TPSA) is 68.9 Å². The summed E-state index contributed by atoms with van der Waals surface area (Å²) >= 11 is 3.31. The highest BCUT2D eigenvalue weighted by Gasteiger charge is 2.11. The van der Waals surface area contributed by atoms with Crippen molar-refractivity contribution < 1.29 is 0 Å². The fraction of sp³-hybridized carbons (Fsp3) is 0.133. The van der Waals surface area contributed by atoms with Gasteiger partial charge in [0.25, 0.3) is 0 Å². The highest BCUT2D eigenvalue weighted by atomic mass is 32.2. The molecule has 0 aromatic carbocycles. The van der Waals surface area contributed by atoms with Gasteiger partial charge in [-0.05, 0) is 31.2 Å². The Labute approximate surface area is 140 Å². The first-order valence-corrected chi connectivity index (χ1v) is 8.84. The molecule has 23 heavy (non-hydrogen) atoms. The molecular formula is C15H12N6S2. The van der Waals surface area contributed by atoms with Crippen molar-refractivity contribution in [3.8, 4) is 11.5 Å². The molecule has 0 aliphatic rings. The lowest BCUT2D eigenvalue weighted by molar-refractivity contribution is 0.856. The van der Waals surface area contributed by atoms with E-state index in [1.54, 1.807) is 33.8 Å². The van der Waals surface area contributed by atoms with E-state index in [0.717, 1.165) is 27.2 Å². The number of nitrogens with zero attached hydrogens (tertiary/aromatic N) is 6. The lowest BCUT2D eigenvalue weighted by Crippen LogP contribution is -1.97. The molecule has 0 N–H and O–H groups in total. The summed E-state index contributed by atoms with van der Waals surface area (Å²) in [4.78, 5) is 8.79. The highest BCUT2D eigenvalue weighted by molar-refractivity contribution is 7.98. The molecule has 6 nitrogen and oxygen atoms in total. The zero-order chi connectivity index (χ0) is 15.6. The van der Waals surface area contributed by atoms with Gasteiger partial charge in [-0.2, -0.15) is 9.61 Å². The van der Waals surface area contributed by atoms with Crippen LogP contribution in [0.25, 0.3) is 17.2 Å². The summed E-state index contributed by atoms with van der Waals surface area (Å²) in [5, 5.41) is 17.0. The van der Waals surface area contributed by atoms with Crippen molar-refractivity contribution in [3.05, 3.63) is 52.6 Å². The zero-order valence-electron chi connectivity index (χ0n) is 12.2. The summed E-state index contributed by atoms with van der Waals surface area (Å²) in [5.74, 6) is 1.44. The van der Waals surface area contributed by atoms with Crippen molar-refractivity contribution in [1.29, 1.82) is 0 Å². The van der Waals surface area contributed by atoms with Gasteiger partial charge in [-0.3, -0.25) is 4.98 Å². The number of rotatable bonds is 4. The predicted octanol–water partition coefficient (Wildman–Crippen LogP) is 3.24. The predicted molar refractivity (Wildman–Crippen MR) is 90.4 cm³/mol. The molecule has 4 rings (SSSR count). The van der Waals surface area contributed by atoms with Crippen molar-refractivity contribution in [3.63, 3.8) is 0 Å². The maximum Gasteiger partial charge on any atom is 0.203 e. The molecule has 0 aliphatic heterocycles. The van der Waals surface area contributed by atoms with Crippen LogP contribution in [0, 0.1) is 6.92 Å². The van der Waals surface area contributed by atoms with Gasteiger partial charge in [-0.1, -0.05) is 17.8 Å². The van der Waals surface area contributed by atoms with E-state index in [2.05, 4.69) is 30.6 Å². The summed E-state index contributed by atoms with van der Waals surface area (Å²) in [5.41, 5.74) is 2.54. The van der Waals surface area contributed by atoms with Gasteiger partial charge >= 0.3 is 0 Å². The number of aryl methyl sites for hydroxylation is 1. The minimum Gasteiger partial charge on any atom is -0.253 e. The van der Waals surface area contributed by atoms with Gasteiger partial charge in [0.15, 0.2) is 5.65 Å². The SMILES string of the molecule is Cc1nc(CSc2ccc3nnc(-c4ccccn4)n3n2)cs1. The van der Waals surface area contributed by atoms with E-state index < -0.39 is 0 Å². The maximum absolute atomic E-state index is 4.62. The summed E-state index contributed by atoms with van der Waals surface area (Å²) in [6, 6.07) is 9.57. The van der Waals surface area contributed by atoms with Crippen LogP contribution in [-0.2, 0) is 5.75 Å². The highest BCUT2D eigenvalue weighted by Crippen LogP contribution is 2.23. The summed E-state index contributed by atoms with van der Waals surface area (Å²) < 4.78 is 1.73. The molecule has 4 aromatic rings. The molecule has 0 radical (unpaired) electrons. The second-order valence-electron chi connectivity index (χ2n) is 4.83. The smallest absolute Gasteiger partial charge is 0.203 e. The molecule has 0 amide bonds. The van der Waals surface area contributed by atoms with Crippen LogP contribution in [0.4, 0.5) is 0 Å². The van der Waals surface area contributed by atoms with E-state index in [9.17, 15) is 0 Å². The number of hydrogen-bond donors (Lipinski definition) is 0. The van der Waals surface area contributed by atoms with Crippen molar-refractivity contribution in [2.75, 3.05) is 0 Å². The van der Waals surface area contributed by atoms with E-state index in [1.165, 1.54) is 0 Å². The largest absolute Gasteiger partial charge is 0.253 e. The van der Waals surface area contributed by atoms with Crippen LogP contribution in [0.3, 0.4) is 0 Å². The molecule has 0 bridgehead atoms. The Hall–Kier alpha value is -2.32. The molecule has 0 saturated carbocycles. The zero-order valence-corrected chi connectivity index (χ0v) is 13.9. The Morgan fingerprint density at radius 3 is 2.91 bits per heavy atom. The van der Waals surface area contributed by atoms with Crippen LogP contribution in [0.1, 0.15) is 10.7 Å². The number of thioether (sulfide) groups is 1. The Morgan fingerprint density at radius 2 is 2.13 bits per heavy atom. The Morgan fingerprint density at radius 1 is 1.17 bits per heavy atom. The van der Waals surface area contributed by atoms with Gasteiger partial charge in [-0.25, -0.2) is 4.98 Å². The fourth-order valence-electron chi connectivity index (χ4n) is 2.13. The molecule has 4 heterocycles. The third-order valence-electron chi connectivity index (χ3n) is 3.17. The first-order valence-electron chi connectivity index (χ1n) is 6.97. The molecule has 0 saturated heterocycles. The number of aromatic nitrogens is 6. The third kappa shape index (κ3) is 2.95. The first kappa shape index (κ1) is 14.3. The van der Waals surface area contributed by atoms with Crippen LogP contribution >= 0.6 is 23.1 Å². The van der Waals surface area contributed by atoms with Crippen LogP contribution < -0.4 is 0 Å². The van der Waals surface area contributed by atoms with E-state index in [4.69, 9.17) is 0 Å². The van der Waals surface area contributed by atoms with E-state index in [-0.39, 0.29) is 0 Å². The van der Waals surface area contributed by atoms with Crippen LogP contribution in [0.2, 0.25) is 0 Å². The molecule has 0 atom stereocenters. The second kappa shape index (κ2) is 6.05. The number of fused-ring (bicyclic) bond motifs is 1. The monoisotopic (exact) mass is 340 g/mol. The van der Waals surface area contributed by atoms with Crippen molar-refractivity contribution in [2.24, 2.45) is 0 Å². The Kier molecular flexibility index (Phi) is 3.76. The average Bonchev–Trinajstić information content (AvgIpc) is 3.19. The van der Waals surface area contributed by atoms with E-state index in [0.29, 0.717) is 11.5 Å². The van der Waals surface area contributed by atoms with Crippen LogP contribution in [0.15, 0.2) is 46.9 Å². The second-order valence-corrected chi connectivity index (χ2v) is 6.88. The number of pyridine rings is 1. The van der Waals surface area contributed by atoms with E-state index >= 15 is 0 Å². The Balaban J connectivity index is 1.64. The van der Waals surface area contributed by atoms with Gasteiger partial charge in [0.2, 0.25) is 5.82 Å².